The molecule has 3 N–H and O–H groups in total. The van der Waals surface area contributed by atoms with Crippen molar-refractivity contribution in [1.82, 2.24) is 15.6 Å². The van der Waals surface area contributed by atoms with Gasteiger partial charge in [-0.15, -0.1) is 0 Å². The summed E-state index contributed by atoms with van der Waals surface area (Å²) in [5, 5.41) is 16.4. The van der Waals surface area contributed by atoms with E-state index in [2.05, 4.69) is 15.6 Å². The van der Waals surface area contributed by atoms with Crippen molar-refractivity contribution in [2.45, 2.75) is 44.2 Å². The summed E-state index contributed by atoms with van der Waals surface area (Å²) in [5.41, 5.74) is 3.19. The molecule has 0 spiro atoms. The number of hydrogen-bond donors (Lipinski definition) is 3. The minimum Gasteiger partial charge on any atom is -0.388 e. The van der Waals surface area contributed by atoms with E-state index in [1.807, 2.05) is 30.3 Å². The van der Waals surface area contributed by atoms with Crippen molar-refractivity contribution < 1.29 is 14.7 Å². The maximum atomic E-state index is 12.6. The Bertz CT molecular complexity index is 1090. The number of carbonyl (C=O) groups excluding carboxylic acids is 2. The summed E-state index contributed by atoms with van der Waals surface area (Å²) < 4.78 is 0. The first kappa shape index (κ1) is 22.7. The lowest BCUT2D eigenvalue weighted by atomic mass is 9.85. The zero-order valence-corrected chi connectivity index (χ0v) is 18.6. The van der Waals surface area contributed by atoms with Crippen molar-refractivity contribution in [1.29, 1.82) is 0 Å². The van der Waals surface area contributed by atoms with Crippen LogP contribution in [0.4, 0.5) is 0 Å². The first-order valence-corrected chi connectivity index (χ1v) is 11.4. The molecule has 6 heteroatoms. The highest BCUT2D eigenvalue weighted by Crippen LogP contribution is 2.27. The Morgan fingerprint density at radius 1 is 0.818 bits per heavy atom. The highest BCUT2D eigenvalue weighted by molar-refractivity contribution is 5.95. The zero-order chi connectivity index (χ0) is 23.1. The summed E-state index contributed by atoms with van der Waals surface area (Å²) in [5.74, 6) is -0.389. The molecule has 3 aromatic rings. The highest BCUT2D eigenvalue weighted by atomic mass is 16.3. The van der Waals surface area contributed by atoms with E-state index in [1.165, 1.54) is 0 Å². The number of aliphatic hydroxyl groups is 1. The molecule has 0 saturated heterocycles. The summed E-state index contributed by atoms with van der Waals surface area (Å²) >= 11 is 0. The maximum Gasteiger partial charge on any atom is 0.251 e. The molecule has 0 aliphatic heterocycles. The lowest BCUT2D eigenvalue weighted by Gasteiger charge is -2.32. The number of carbonyl (C=O) groups is 2. The van der Waals surface area contributed by atoms with E-state index in [9.17, 15) is 14.7 Å². The summed E-state index contributed by atoms with van der Waals surface area (Å²) in [6, 6.07) is 18.5. The molecule has 1 saturated carbocycles. The van der Waals surface area contributed by atoms with Gasteiger partial charge >= 0.3 is 0 Å². The van der Waals surface area contributed by atoms with Gasteiger partial charge in [0.15, 0.2) is 0 Å². The van der Waals surface area contributed by atoms with E-state index in [0.29, 0.717) is 17.7 Å². The monoisotopic (exact) mass is 443 g/mol. The molecule has 33 heavy (non-hydrogen) atoms. The second-order valence-electron chi connectivity index (χ2n) is 8.66. The fourth-order valence-electron chi connectivity index (χ4n) is 4.20. The predicted molar refractivity (Wildman–Crippen MR) is 128 cm³/mol. The number of nitrogens with zero attached hydrogens (tertiary/aromatic N) is 1. The van der Waals surface area contributed by atoms with E-state index >= 15 is 0 Å². The van der Waals surface area contributed by atoms with Crippen LogP contribution in [0.25, 0.3) is 11.1 Å². The van der Waals surface area contributed by atoms with E-state index < -0.39 is 5.60 Å². The van der Waals surface area contributed by atoms with Gasteiger partial charge in [0.1, 0.15) is 0 Å². The summed E-state index contributed by atoms with van der Waals surface area (Å²) in [7, 11) is 0. The van der Waals surface area contributed by atoms with Crippen LogP contribution in [0, 0.1) is 0 Å². The molecule has 1 aromatic heterocycles. The van der Waals surface area contributed by atoms with Crippen LogP contribution in [0.1, 0.15) is 58.4 Å². The highest BCUT2D eigenvalue weighted by Gasteiger charge is 2.29. The van der Waals surface area contributed by atoms with E-state index in [0.717, 1.165) is 48.8 Å². The fraction of sp³-hybridized carbons (Fsp3) is 0.296. The standard InChI is InChI=1S/C27H29N3O3/c31-25(23-9-7-21(8-10-23)22-11-15-28-16-12-22)29-18-20-5-4-6-24(17-20)26(32)30-19-27(33)13-2-1-3-14-27/h4-12,15-17,33H,1-3,13-14,18-19H2,(H,29,31)(H,30,32). The largest absolute Gasteiger partial charge is 0.388 e. The van der Waals surface area contributed by atoms with Crippen molar-refractivity contribution in [2.24, 2.45) is 0 Å². The molecule has 6 nitrogen and oxygen atoms in total. The molecule has 2 aromatic carbocycles. The lowest BCUT2D eigenvalue weighted by Crippen LogP contribution is -2.44. The molecule has 0 atom stereocenters. The number of nitrogens with one attached hydrogen (secondary N) is 2. The van der Waals surface area contributed by atoms with Crippen LogP contribution in [0.15, 0.2) is 73.1 Å². The first-order valence-electron chi connectivity index (χ1n) is 11.4. The number of aromatic nitrogens is 1. The SMILES string of the molecule is O=C(NCc1cccc(C(=O)NCC2(O)CCCCC2)c1)c1ccc(-c2ccncc2)cc1. The van der Waals surface area contributed by atoms with Gasteiger partial charge in [-0.05, 0) is 65.9 Å². The Kier molecular flexibility index (Phi) is 7.15. The third-order valence-electron chi connectivity index (χ3n) is 6.17. The average Bonchev–Trinajstić information content (AvgIpc) is 2.87. The molecule has 1 fully saturated rings. The molecule has 1 aliphatic rings. The second kappa shape index (κ2) is 10.4. The van der Waals surface area contributed by atoms with Crippen LogP contribution >= 0.6 is 0 Å². The third kappa shape index (κ3) is 6.05. The van der Waals surface area contributed by atoms with E-state index in [1.54, 1.807) is 42.7 Å². The van der Waals surface area contributed by atoms with Crippen molar-refractivity contribution >= 4 is 11.8 Å². The third-order valence-corrected chi connectivity index (χ3v) is 6.17. The molecule has 170 valence electrons. The van der Waals surface area contributed by atoms with Gasteiger partial charge in [-0.25, -0.2) is 0 Å². The van der Waals surface area contributed by atoms with Crippen molar-refractivity contribution in [3.63, 3.8) is 0 Å². The van der Waals surface area contributed by atoms with Gasteiger partial charge in [0.2, 0.25) is 0 Å². The van der Waals surface area contributed by atoms with Crippen LogP contribution in [0.5, 0.6) is 0 Å². The van der Waals surface area contributed by atoms with Crippen LogP contribution in [0.2, 0.25) is 0 Å². The van der Waals surface area contributed by atoms with Crippen molar-refractivity contribution in [3.8, 4) is 11.1 Å². The molecule has 4 rings (SSSR count). The van der Waals surface area contributed by atoms with Crippen molar-refractivity contribution in [2.75, 3.05) is 6.54 Å². The Labute approximate surface area is 194 Å². The molecular weight excluding hydrogens is 414 g/mol. The minimum absolute atomic E-state index is 0.175. The molecule has 2 amide bonds. The van der Waals surface area contributed by atoms with Crippen LogP contribution in [-0.4, -0.2) is 34.1 Å². The van der Waals surface area contributed by atoms with Gasteiger partial charge in [0, 0.05) is 36.6 Å². The predicted octanol–water partition coefficient (Wildman–Crippen LogP) is 4.10. The molecule has 0 radical (unpaired) electrons. The Hall–Kier alpha value is -3.51. The minimum atomic E-state index is -0.799. The van der Waals surface area contributed by atoms with E-state index in [4.69, 9.17) is 0 Å². The zero-order valence-electron chi connectivity index (χ0n) is 18.6. The first-order chi connectivity index (χ1) is 16.0. The van der Waals surface area contributed by atoms with Crippen LogP contribution < -0.4 is 10.6 Å². The quantitative estimate of drug-likeness (QED) is 0.513. The normalized spacial score (nSPS) is 14.9. The number of amides is 2. The van der Waals surface area contributed by atoms with Gasteiger partial charge in [-0.1, -0.05) is 43.5 Å². The second-order valence-corrected chi connectivity index (χ2v) is 8.66. The van der Waals surface area contributed by atoms with E-state index in [-0.39, 0.29) is 18.4 Å². The molecule has 0 unspecified atom stereocenters. The Morgan fingerprint density at radius 3 is 2.21 bits per heavy atom. The number of hydrogen-bond acceptors (Lipinski definition) is 4. The van der Waals surface area contributed by atoms with Gasteiger partial charge in [-0.3, -0.25) is 14.6 Å². The number of rotatable bonds is 7. The number of pyridine rings is 1. The maximum absolute atomic E-state index is 12.6. The van der Waals surface area contributed by atoms with Gasteiger partial charge in [-0.2, -0.15) is 0 Å². The molecule has 0 bridgehead atoms. The molecular formula is C27H29N3O3. The summed E-state index contributed by atoms with van der Waals surface area (Å²) in [6.07, 6.45) is 8.05. The van der Waals surface area contributed by atoms with Gasteiger partial charge < -0.3 is 15.7 Å². The Morgan fingerprint density at radius 2 is 1.48 bits per heavy atom. The smallest absolute Gasteiger partial charge is 0.251 e. The Balaban J connectivity index is 1.31. The number of benzene rings is 2. The molecule has 1 heterocycles. The fourth-order valence-corrected chi connectivity index (χ4v) is 4.20. The summed E-state index contributed by atoms with van der Waals surface area (Å²) in [4.78, 5) is 29.2. The van der Waals surface area contributed by atoms with Crippen molar-refractivity contribution in [3.05, 3.63) is 89.7 Å². The summed E-state index contributed by atoms with van der Waals surface area (Å²) in [6.45, 7) is 0.582. The van der Waals surface area contributed by atoms with Gasteiger partial charge in [0.25, 0.3) is 11.8 Å². The topological polar surface area (TPSA) is 91.3 Å². The molecule has 1 aliphatic carbocycles. The average molecular weight is 444 g/mol. The van der Waals surface area contributed by atoms with Crippen LogP contribution in [-0.2, 0) is 6.54 Å². The van der Waals surface area contributed by atoms with Crippen LogP contribution in [0.3, 0.4) is 0 Å². The van der Waals surface area contributed by atoms with Gasteiger partial charge in [0.05, 0.1) is 5.60 Å². The lowest BCUT2D eigenvalue weighted by molar-refractivity contribution is 0.00525.